The Balaban J connectivity index is 2.19. The van der Waals surface area contributed by atoms with E-state index in [1.807, 2.05) is 24.3 Å². The van der Waals surface area contributed by atoms with Gasteiger partial charge in [-0.05, 0) is 30.0 Å². The average molecular weight is 303 g/mol. The van der Waals surface area contributed by atoms with Gasteiger partial charge in [0.25, 0.3) is 0 Å². The van der Waals surface area contributed by atoms with Crippen LogP contribution >= 0.6 is 11.8 Å². The van der Waals surface area contributed by atoms with Crippen molar-refractivity contribution >= 4 is 11.8 Å². The van der Waals surface area contributed by atoms with Crippen LogP contribution in [0.25, 0.3) is 0 Å². The molecule has 4 heteroatoms. The maximum atomic E-state index is 6.39. The number of methoxy groups -OCH3 is 1. The highest BCUT2D eigenvalue weighted by Gasteiger charge is 2.13. The minimum atomic E-state index is -0.195. The molecule has 0 aliphatic carbocycles. The molecule has 2 aromatic rings. The van der Waals surface area contributed by atoms with Gasteiger partial charge in [0.05, 0.1) is 12.6 Å². The molecule has 1 unspecified atom stereocenters. The van der Waals surface area contributed by atoms with E-state index in [0.29, 0.717) is 13.2 Å². The first-order valence-electron chi connectivity index (χ1n) is 6.86. The quantitative estimate of drug-likeness (QED) is 0.628. The molecule has 0 saturated heterocycles. The summed E-state index contributed by atoms with van der Waals surface area (Å²) < 4.78 is 10.8. The normalized spacial score (nSPS) is 12.1. The fourth-order valence-electron chi connectivity index (χ4n) is 2.09. The maximum absolute atomic E-state index is 6.39. The molecule has 0 amide bonds. The molecule has 1 atom stereocenters. The summed E-state index contributed by atoms with van der Waals surface area (Å²) in [6.07, 6.45) is 2.06. The van der Waals surface area contributed by atoms with Crippen LogP contribution in [-0.2, 0) is 4.74 Å². The van der Waals surface area contributed by atoms with Crippen LogP contribution in [0.2, 0.25) is 0 Å². The van der Waals surface area contributed by atoms with Crippen molar-refractivity contribution in [3.63, 3.8) is 0 Å². The van der Waals surface area contributed by atoms with E-state index in [9.17, 15) is 0 Å². The van der Waals surface area contributed by atoms with Crippen LogP contribution in [0, 0.1) is 0 Å². The highest BCUT2D eigenvalue weighted by Crippen LogP contribution is 2.29. The van der Waals surface area contributed by atoms with Crippen molar-refractivity contribution in [3.8, 4) is 5.75 Å². The molecule has 0 spiro atoms. The third-order valence-electron chi connectivity index (χ3n) is 3.27. The zero-order chi connectivity index (χ0) is 15.1. The smallest absolute Gasteiger partial charge is 0.124 e. The first-order chi connectivity index (χ1) is 10.3. The van der Waals surface area contributed by atoms with Gasteiger partial charge in [0.15, 0.2) is 0 Å². The Labute approximate surface area is 130 Å². The standard InChI is InChI=1S/C17H21NO2S/c1-19-11-12-20-16-6-4-3-5-15(16)17(18)13-7-9-14(21-2)10-8-13/h3-10,17H,11-12,18H2,1-2H3. The molecule has 3 nitrogen and oxygen atoms in total. The molecule has 2 N–H and O–H groups in total. The van der Waals surface area contributed by atoms with Gasteiger partial charge in [0, 0.05) is 17.6 Å². The topological polar surface area (TPSA) is 44.5 Å². The average Bonchev–Trinajstić information content (AvgIpc) is 2.55. The van der Waals surface area contributed by atoms with Gasteiger partial charge in [0.1, 0.15) is 12.4 Å². The van der Waals surface area contributed by atoms with E-state index in [1.54, 1.807) is 18.9 Å². The zero-order valence-corrected chi connectivity index (χ0v) is 13.2. The molecule has 0 saturated carbocycles. The Morgan fingerprint density at radius 2 is 1.76 bits per heavy atom. The van der Waals surface area contributed by atoms with E-state index in [2.05, 4.69) is 30.5 Å². The van der Waals surface area contributed by atoms with Crippen LogP contribution < -0.4 is 10.5 Å². The van der Waals surface area contributed by atoms with Gasteiger partial charge >= 0.3 is 0 Å². The van der Waals surface area contributed by atoms with E-state index in [1.165, 1.54) is 4.90 Å². The molecular weight excluding hydrogens is 282 g/mol. The van der Waals surface area contributed by atoms with Crippen LogP contribution in [-0.4, -0.2) is 26.6 Å². The molecule has 0 aliphatic rings. The molecule has 0 radical (unpaired) electrons. The highest BCUT2D eigenvalue weighted by atomic mass is 32.2. The molecule has 0 aliphatic heterocycles. The Hall–Kier alpha value is -1.49. The maximum Gasteiger partial charge on any atom is 0.124 e. The second-order valence-electron chi connectivity index (χ2n) is 4.63. The fourth-order valence-corrected chi connectivity index (χ4v) is 2.50. The lowest BCUT2D eigenvalue weighted by molar-refractivity contribution is 0.145. The molecule has 21 heavy (non-hydrogen) atoms. The van der Waals surface area contributed by atoms with Crippen LogP contribution in [0.3, 0.4) is 0 Å². The Morgan fingerprint density at radius 3 is 2.43 bits per heavy atom. The predicted octanol–water partition coefficient (Wildman–Crippen LogP) is 3.48. The predicted molar refractivity (Wildman–Crippen MR) is 88.1 cm³/mol. The summed E-state index contributed by atoms with van der Waals surface area (Å²) >= 11 is 1.72. The summed E-state index contributed by atoms with van der Waals surface area (Å²) in [7, 11) is 1.66. The van der Waals surface area contributed by atoms with Gasteiger partial charge in [-0.3, -0.25) is 0 Å². The van der Waals surface area contributed by atoms with Crippen LogP contribution in [0.15, 0.2) is 53.4 Å². The molecule has 0 fully saturated rings. The highest BCUT2D eigenvalue weighted by molar-refractivity contribution is 7.98. The van der Waals surface area contributed by atoms with Crippen molar-refractivity contribution in [1.29, 1.82) is 0 Å². The first-order valence-corrected chi connectivity index (χ1v) is 8.09. The molecule has 2 rings (SSSR count). The Kier molecular flexibility index (Phi) is 6.11. The molecule has 0 bridgehead atoms. The molecule has 0 heterocycles. The number of para-hydroxylation sites is 1. The minimum absolute atomic E-state index is 0.195. The van der Waals surface area contributed by atoms with Gasteiger partial charge in [-0.15, -0.1) is 11.8 Å². The lowest BCUT2D eigenvalue weighted by atomic mass is 9.99. The van der Waals surface area contributed by atoms with Gasteiger partial charge < -0.3 is 15.2 Å². The zero-order valence-electron chi connectivity index (χ0n) is 12.4. The van der Waals surface area contributed by atoms with Gasteiger partial charge in [-0.2, -0.15) is 0 Å². The summed E-state index contributed by atoms with van der Waals surface area (Å²) in [6, 6.07) is 16.0. The summed E-state index contributed by atoms with van der Waals surface area (Å²) in [6.45, 7) is 1.08. The number of hydrogen-bond acceptors (Lipinski definition) is 4. The molecule has 112 valence electrons. The molecule has 0 aromatic heterocycles. The monoisotopic (exact) mass is 303 g/mol. The van der Waals surface area contributed by atoms with Crippen LogP contribution in [0.5, 0.6) is 5.75 Å². The number of rotatable bonds is 7. The van der Waals surface area contributed by atoms with Crippen molar-refractivity contribution < 1.29 is 9.47 Å². The van der Waals surface area contributed by atoms with Gasteiger partial charge in [0.2, 0.25) is 0 Å². The second kappa shape index (κ2) is 8.08. The molecular formula is C17H21NO2S. The van der Waals surface area contributed by atoms with E-state index >= 15 is 0 Å². The van der Waals surface area contributed by atoms with Gasteiger partial charge in [-0.1, -0.05) is 30.3 Å². The number of hydrogen-bond donors (Lipinski definition) is 1. The van der Waals surface area contributed by atoms with E-state index in [-0.39, 0.29) is 6.04 Å². The number of ether oxygens (including phenoxy) is 2. The van der Waals surface area contributed by atoms with Crippen molar-refractivity contribution in [1.82, 2.24) is 0 Å². The number of benzene rings is 2. The van der Waals surface area contributed by atoms with Gasteiger partial charge in [-0.25, -0.2) is 0 Å². The van der Waals surface area contributed by atoms with Crippen molar-refractivity contribution in [2.75, 3.05) is 26.6 Å². The minimum Gasteiger partial charge on any atom is -0.491 e. The SMILES string of the molecule is COCCOc1ccccc1C(N)c1ccc(SC)cc1. The van der Waals surface area contributed by atoms with E-state index in [4.69, 9.17) is 15.2 Å². The Morgan fingerprint density at radius 1 is 1.05 bits per heavy atom. The lowest BCUT2D eigenvalue weighted by Gasteiger charge is -2.17. The van der Waals surface area contributed by atoms with Crippen LogP contribution in [0.1, 0.15) is 17.2 Å². The second-order valence-corrected chi connectivity index (χ2v) is 5.51. The number of thioether (sulfide) groups is 1. The van der Waals surface area contributed by atoms with Crippen LogP contribution in [0.4, 0.5) is 0 Å². The van der Waals surface area contributed by atoms with E-state index < -0.39 is 0 Å². The fraction of sp³-hybridized carbons (Fsp3) is 0.294. The summed E-state index contributed by atoms with van der Waals surface area (Å²) in [5, 5.41) is 0. The van der Waals surface area contributed by atoms with Crippen molar-refractivity contribution in [2.45, 2.75) is 10.9 Å². The van der Waals surface area contributed by atoms with E-state index in [0.717, 1.165) is 16.9 Å². The third-order valence-corrected chi connectivity index (χ3v) is 4.02. The summed E-state index contributed by atoms with van der Waals surface area (Å²) in [4.78, 5) is 1.23. The summed E-state index contributed by atoms with van der Waals surface area (Å²) in [5.74, 6) is 0.816. The molecule has 2 aromatic carbocycles. The van der Waals surface area contributed by atoms with Crippen molar-refractivity contribution in [3.05, 3.63) is 59.7 Å². The largest absolute Gasteiger partial charge is 0.491 e. The lowest BCUT2D eigenvalue weighted by Crippen LogP contribution is -2.14. The summed E-state index contributed by atoms with van der Waals surface area (Å²) in [5.41, 5.74) is 8.47. The van der Waals surface area contributed by atoms with Crippen molar-refractivity contribution in [2.24, 2.45) is 5.73 Å². The number of nitrogens with two attached hydrogens (primary N) is 1. The Bertz CT molecular complexity index is 557. The first kappa shape index (κ1) is 15.9. The third kappa shape index (κ3) is 4.24.